The summed E-state index contributed by atoms with van der Waals surface area (Å²) >= 11 is 0. The molecule has 1 aliphatic rings. The van der Waals surface area contributed by atoms with Gasteiger partial charge in [-0.2, -0.15) is 0 Å². The van der Waals surface area contributed by atoms with Gasteiger partial charge in [0.2, 0.25) is 0 Å². The SMILES string of the molecule is Nc1ncccc1CN1CCCOc2ccccc21. The van der Waals surface area contributed by atoms with Gasteiger partial charge in [0.25, 0.3) is 0 Å². The van der Waals surface area contributed by atoms with Gasteiger partial charge >= 0.3 is 0 Å². The predicted molar refractivity (Wildman–Crippen MR) is 76.3 cm³/mol. The van der Waals surface area contributed by atoms with Crippen LogP contribution in [0, 0.1) is 0 Å². The Morgan fingerprint density at radius 3 is 3.00 bits per heavy atom. The molecule has 0 spiro atoms. The van der Waals surface area contributed by atoms with Gasteiger partial charge in [-0.1, -0.05) is 18.2 Å². The molecule has 2 heterocycles. The molecule has 0 aliphatic carbocycles. The molecule has 2 N–H and O–H groups in total. The zero-order valence-electron chi connectivity index (χ0n) is 10.7. The maximum atomic E-state index is 5.93. The lowest BCUT2D eigenvalue weighted by Gasteiger charge is -2.24. The Hall–Kier alpha value is -2.23. The van der Waals surface area contributed by atoms with E-state index in [0.29, 0.717) is 5.82 Å². The normalized spacial score (nSPS) is 14.4. The number of nitrogens with two attached hydrogens (primary N) is 1. The van der Waals surface area contributed by atoms with Gasteiger partial charge in [-0.25, -0.2) is 4.98 Å². The van der Waals surface area contributed by atoms with Crippen LogP contribution in [-0.4, -0.2) is 18.1 Å². The quantitative estimate of drug-likeness (QED) is 0.895. The number of nitrogens with zero attached hydrogens (tertiary/aromatic N) is 2. The minimum absolute atomic E-state index is 0.602. The van der Waals surface area contributed by atoms with Gasteiger partial charge < -0.3 is 15.4 Å². The number of anilines is 2. The van der Waals surface area contributed by atoms with Crippen molar-refractivity contribution in [1.29, 1.82) is 0 Å². The van der Waals surface area contributed by atoms with Crippen LogP contribution < -0.4 is 15.4 Å². The highest BCUT2D eigenvalue weighted by atomic mass is 16.5. The zero-order valence-corrected chi connectivity index (χ0v) is 10.7. The van der Waals surface area contributed by atoms with Crippen molar-refractivity contribution in [3.63, 3.8) is 0 Å². The number of benzene rings is 1. The van der Waals surface area contributed by atoms with E-state index in [4.69, 9.17) is 10.5 Å². The van der Waals surface area contributed by atoms with Crippen LogP contribution in [0.5, 0.6) is 5.75 Å². The Morgan fingerprint density at radius 1 is 1.21 bits per heavy atom. The van der Waals surface area contributed by atoms with E-state index in [-0.39, 0.29) is 0 Å². The van der Waals surface area contributed by atoms with E-state index in [1.165, 1.54) is 0 Å². The van der Waals surface area contributed by atoms with Crippen molar-refractivity contribution >= 4 is 11.5 Å². The zero-order chi connectivity index (χ0) is 13.1. The molecule has 2 aromatic rings. The summed E-state index contributed by atoms with van der Waals surface area (Å²) in [6.07, 6.45) is 2.73. The molecule has 0 radical (unpaired) electrons. The highest BCUT2D eigenvalue weighted by Gasteiger charge is 2.16. The van der Waals surface area contributed by atoms with Crippen LogP contribution in [0.3, 0.4) is 0 Å². The smallest absolute Gasteiger partial charge is 0.142 e. The third-order valence-electron chi connectivity index (χ3n) is 3.32. The van der Waals surface area contributed by atoms with E-state index < -0.39 is 0 Å². The summed E-state index contributed by atoms with van der Waals surface area (Å²) in [5.41, 5.74) is 8.11. The van der Waals surface area contributed by atoms with Crippen molar-refractivity contribution in [1.82, 2.24) is 4.98 Å². The summed E-state index contributed by atoms with van der Waals surface area (Å²) in [5.74, 6) is 1.55. The van der Waals surface area contributed by atoms with Crippen LogP contribution in [0.4, 0.5) is 11.5 Å². The average Bonchev–Trinajstić information content (AvgIpc) is 2.64. The van der Waals surface area contributed by atoms with E-state index in [9.17, 15) is 0 Å². The molecule has 98 valence electrons. The molecule has 0 saturated heterocycles. The largest absolute Gasteiger partial charge is 0.491 e. The lowest BCUT2D eigenvalue weighted by molar-refractivity contribution is 0.322. The summed E-state index contributed by atoms with van der Waals surface area (Å²) in [4.78, 5) is 6.45. The second kappa shape index (κ2) is 5.18. The maximum Gasteiger partial charge on any atom is 0.142 e. The number of hydrogen-bond acceptors (Lipinski definition) is 4. The Kier molecular flexibility index (Phi) is 3.23. The number of ether oxygens (including phenoxy) is 1. The van der Waals surface area contributed by atoms with Crippen molar-refractivity contribution < 1.29 is 4.74 Å². The fourth-order valence-electron chi connectivity index (χ4n) is 2.35. The van der Waals surface area contributed by atoms with Gasteiger partial charge in [-0.15, -0.1) is 0 Å². The van der Waals surface area contributed by atoms with E-state index >= 15 is 0 Å². The number of hydrogen-bond donors (Lipinski definition) is 1. The molecule has 0 bridgehead atoms. The maximum absolute atomic E-state index is 5.93. The standard InChI is InChI=1S/C15H17N3O/c16-15-12(5-3-8-17-15)11-18-9-4-10-19-14-7-2-1-6-13(14)18/h1-3,5-8H,4,9-11H2,(H2,16,17). The summed E-state index contributed by atoms with van der Waals surface area (Å²) in [6, 6.07) is 12.1. The summed E-state index contributed by atoms with van der Waals surface area (Å²) < 4.78 is 5.76. The lowest BCUT2D eigenvalue weighted by atomic mass is 10.2. The van der Waals surface area contributed by atoms with Crippen LogP contribution in [0.1, 0.15) is 12.0 Å². The van der Waals surface area contributed by atoms with Crippen LogP contribution >= 0.6 is 0 Å². The molecule has 3 rings (SSSR count). The monoisotopic (exact) mass is 255 g/mol. The first-order valence-corrected chi connectivity index (χ1v) is 6.51. The van der Waals surface area contributed by atoms with Gasteiger partial charge in [-0.3, -0.25) is 0 Å². The fraction of sp³-hybridized carbons (Fsp3) is 0.267. The highest BCUT2D eigenvalue weighted by Crippen LogP contribution is 2.31. The number of rotatable bonds is 2. The van der Waals surface area contributed by atoms with Gasteiger partial charge in [0.1, 0.15) is 11.6 Å². The molecule has 0 saturated carbocycles. The van der Waals surface area contributed by atoms with E-state index in [0.717, 1.165) is 43.1 Å². The van der Waals surface area contributed by atoms with Gasteiger partial charge in [-0.05, 0) is 24.6 Å². The predicted octanol–water partition coefficient (Wildman–Crippen LogP) is 2.45. The van der Waals surface area contributed by atoms with Crippen molar-refractivity contribution in [3.05, 3.63) is 48.2 Å². The molecule has 4 nitrogen and oxygen atoms in total. The number of nitrogen functional groups attached to an aromatic ring is 1. The molecule has 1 aromatic carbocycles. The van der Waals surface area contributed by atoms with Gasteiger partial charge in [0.15, 0.2) is 0 Å². The van der Waals surface area contributed by atoms with Crippen LogP contribution in [0.2, 0.25) is 0 Å². The molecular formula is C15H17N3O. The number of aromatic nitrogens is 1. The van der Waals surface area contributed by atoms with E-state index in [1.807, 2.05) is 30.3 Å². The summed E-state index contributed by atoms with van der Waals surface area (Å²) in [7, 11) is 0. The Bertz CT molecular complexity index is 571. The first-order chi connectivity index (χ1) is 9.34. The molecule has 4 heteroatoms. The van der Waals surface area contributed by atoms with Crippen molar-refractivity contribution in [2.24, 2.45) is 0 Å². The Balaban J connectivity index is 1.91. The van der Waals surface area contributed by atoms with E-state index in [1.54, 1.807) is 6.20 Å². The topological polar surface area (TPSA) is 51.4 Å². The number of para-hydroxylation sites is 2. The van der Waals surface area contributed by atoms with Crippen molar-refractivity contribution in [2.75, 3.05) is 23.8 Å². The Labute approximate surface area is 112 Å². The molecule has 0 atom stereocenters. The van der Waals surface area contributed by atoms with E-state index in [2.05, 4.69) is 16.0 Å². The fourth-order valence-corrected chi connectivity index (χ4v) is 2.35. The van der Waals surface area contributed by atoms with Gasteiger partial charge in [0.05, 0.1) is 12.3 Å². The summed E-state index contributed by atoms with van der Waals surface area (Å²) in [6.45, 7) is 2.49. The number of fused-ring (bicyclic) bond motifs is 1. The Morgan fingerprint density at radius 2 is 2.11 bits per heavy atom. The van der Waals surface area contributed by atoms with Crippen molar-refractivity contribution in [2.45, 2.75) is 13.0 Å². The number of pyridine rings is 1. The van der Waals surface area contributed by atoms with Crippen LogP contribution in [0.25, 0.3) is 0 Å². The molecule has 0 amide bonds. The third-order valence-corrected chi connectivity index (χ3v) is 3.32. The first kappa shape index (κ1) is 11.8. The first-order valence-electron chi connectivity index (χ1n) is 6.51. The minimum Gasteiger partial charge on any atom is -0.491 e. The molecule has 1 aromatic heterocycles. The van der Waals surface area contributed by atoms with Crippen LogP contribution in [-0.2, 0) is 6.54 Å². The third kappa shape index (κ3) is 2.47. The summed E-state index contributed by atoms with van der Waals surface area (Å²) in [5, 5.41) is 0. The van der Waals surface area contributed by atoms with Crippen molar-refractivity contribution in [3.8, 4) is 5.75 Å². The molecule has 0 fully saturated rings. The molecule has 0 unspecified atom stereocenters. The average molecular weight is 255 g/mol. The highest BCUT2D eigenvalue weighted by molar-refractivity contribution is 5.59. The van der Waals surface area contributed by atoms with Crippen LogP contribution in [0.15, 0.2) is 42.6 Å². The second-order valence-corrected chi connectivity index (χ2v) is 4.64. The molecule has 19 heavy (non-hydrogen) atoms. The molecular weight excluding hydrogens is 238 g/mol. The molecule has 1 aliphatic heterocycles. The lowest BCUT2D eigenvalue weighted by Crippen LogP contribution is -2.23. The van der Waals surface area contributed by atoms with Gasteiger partial charge in [0, 0.05) is 24.8 Å². The second-order valence-electron chi connectivity index (χ2n) is 4.64. The minimum atomic E-state index is 0.602.